The number of nitrogens with one attached hydrogen (secondary N) is 1. The van der Waals surface area contributed by atoms with Gasteiger partial charge in [0.25, 0.3) is 5.91 Å². The molecule has 1 unspecified atom stereocenters. The van der Waals surface area contributed by atoms with Gasteiger partial charge < -0.3 is 5.32 Å². The Morgan fingerprint density at radius 2 is 1.80 bits per heavy atom. The van der Waals surface area contributed by atoms with Crippen molar-refractivity contribution in [2.45, 2.75) is 19.9 Å². The van der Waals surface area contributed by atoms with Crippen LogP contribution in [0, 0.1) is 6.92 Å². The van der Waals surface area contributed by atoms with Crippen molar-refractivity contribution in [1.29, 1.82) is 0 Å². The third kappa shape index (κ3) is 5.41. The summed E-state index contributed by atoms with van der Waals surface area (Å²) in [6.45, 7) is 4.23. The first-order valence-corrected chi connectivity index (χ1v) is 10.0. The number of carbonyl (C=O) groups is 1. The van der Waals surface area contributed by atoms with Gasteiger partial charge in [0.2, 0.25) is 10.0 Å². The minimum absolute atomic E-state index is 0.204. The van der Waals surface area contributed by atoms with E-state index in [2.05, 4.69) is 5.32 Å². The third-order valence-electron chi connectivity index (χ3n) is 4.04. The minimum atomic E-state index is -3.40. The first-order chi connectivity index (χ1) is 11.8. The summed E-state index contributed by atoms with van der Waals surface area (Å²) in [6, 6.07) is 16.4. The predicted molar refractivity (Wildman–Crippen MR) is 99.9 cm³/mol. The Hall–Kier alpha value is -2.18. The Bertz CT molecular complexity index is 820. The average Bonchev–Trinajstić information content (AvgIpc) is 2.57. The molecule has 0 spiro atoms. The van der Waals surface area contributed by atoms with Crippen molar-refractivity contribution < 1.29 is 13.2 Å². The van der Waals surface area contributed by atoms with Crippen LogP contribution >= 0.6 is 0 Å². The molecule has 2 rings (SSSR count). The fourth-order valence-corrected chi connectivity index (χ4v) is 3.83. The predicted octanol–water partition coefficient (Wildman–Crippen LogP) is 2.75. The maximum atomic E-state index is 12.2. The molecule has 5 nitrogen and oxygen atoms in total. The maximum absolute atomic E-state index is 12.2. The van der Waals surface area contributed by atoms with Crippen LogP contribution in [-0.4, -0.2) is 38.0 Å². The van der Waals surface area contributed by atoms with E-state index >= 15 is 0 Å². The van der Waals surface area contributed by atoms with Crippen LogP contribution in [-0.2, 0) is 10.0 Å². The second-order valence-corrected chi connectivity index (χ2v) is 8.02. The summed E-state index contributed by atoms with van der Waals surface area (Å²) in [6.07, 6.45) is 1.19. The monoisotopic (exact) mass is 360 g/mol. The Morgan fingerprint density at radius 3 is 2.40 bits per heavy atom. The molecule has 0 bridgehead atoms. The number of sulfonamides is 1. The van der Waals surface area contributed by atoms with Crippen molar-refractivity contribution in [2.24, 2.45) is 0 Å². The van der Waals surface area contributed by atoms with Crippen LogP contribution in [0.25, 0.3) is 0 Å². The van der Waals surface area contributed by atoms with Gasteiger partial charge in [-0.05, 0) is 31.5 Å². The zero-order valence-corrected chi connectivity index (χ0v) is 15.6. The minimum Gasteiger partial charge on any atom is -0.351 e. The van der Waals surface area contributed by atoms with Crippen LogP contribution in [0.2, 0.25) is 0 Å². The molecule has 1 atom stereocenters. The van der Waals surface area contributed by atoms with Crippen molar-refractivity contribution in [2.75, 3.05) is 19.3 Å². The van der Waals surface area contributed by atoms with Crippen LogP contribution < -0.4 is 5.32 Å². The molecule has 0 aliphatic heterocycles. The Balaban J connectivity index is 2.03. The van der Waals surface area contributed by atoms with Gasteiger partial charge in [0.05, 0.1) is 6.26 Å². The molecule has 0 radical (unpaired) electrons. The summed E-state index contributed by atoms with van der Waals surface area (Å²) in [5, 5.41) is 2.79. The number of hydrogen-bond donors (Lipinski definition) is 1. The van der Waals surface area contributed by atoms with E-state index in [-0.39, 0.29) is 25.0 Å². The molecule has 1 amide bonds. The largest absolute Gasteiger partial charge is 0.351 e. The molecule has 0 saturated carbocycles. The number of hydrogen-bond acceptors (Lipinski definition) is 3. The van der Waals surface area contributed by atoms with Crippen LogP contribution in [0.5, 0.6) is 0 Å². The Morgan fingerprint density at radius 1 is 1.12 bits per heavy atom. The van der Waals surface area contributed by atoms with Crippen molar-refractivity contribution in [3.05, 3.63) is 71.3 Å². The summed E-state index contributed by atoms with van der Waals surface area (Å²) in [4.78, 5) is 12.2. The summed E-state index contributed by atoms with van der Waals surface area (Å²) in [5.41, 5.74) is 2.49. The first kappa shape index (κ1) is 19.1. The summed E-state index contributed by atoms with van der Waals surface area (Å²) < 4.78 is 25.7. The van der Waals surface area contributed by atoms with Gasteiger partial charge in [0.1, 0.15) is 0 Å². The van der Waals surface area contributed by atoms with Gasteiger partial charge in [-0.15, -0.1) is 0 Å². The van der Waals surface area contributed by atoms with E-state index < -0.39 is 10.0 Å². The molecule has 0 aliphatic rings. The van der Waals surface area contributed by atoms with Crippen LogP contribution in [0.4, 0.5) is 0 Å². The van der Waals surface area contributed by atoms with Gasteiger partial charge in [0, 0.05) is 24.7 Å². The van der Waals surface area contributed by atoms with E-state index in [9.17, 15) is 13.2 Å². The Kier molecular flexibility index (Phi) is 6.33. The molecule has 0 saturated heterocycles. The van der Waals surface area contributed by atoms with Crippen molar-refractivity contribution in [3.63, 3.8) is 0 Å². The van der Waals surface area contributed by atoms with Gasteiger partial charge in [-0.1, -0.05) is 48.0 Å². The van der Waals surface area contributed by atoms with E-state index in [1.165, 1.54) is 10.6 Å². The zero-order valence-electron chi connectivity index (χ0n) is 14.8. The first-order valence-electron chi connectivity index (χ1n) is 8.15. The quantitative estimate of drug-likeness (QED) is 0.826. The molecule has 1 N–H and O–H groups in total. The molecule has 0 fully saturated rings. The standard InChI is InChI=1S/C19H24N2O3S/c1-15-8-7-11-18(14-15)19(22)20-12-13-21(25(3,23)24)16(2)17-9-5-4-6-10-17/h4-11,14,16H,12-13H2,1-3H3,(H,20,22). The molecule has 25 heavy (non-hydrogen) atoms. The lowest BCUT2D eigenvalue weighted by Gasteiger charge is -2.27. The fraction of sp³-hybridized carbons (Fsp3) is 0.316. The van der Waals surface area contributed by atoms with Crippen molar-refractivity contribution in [3.8, 4) is 0 Å². The van der Waals surface area contributed by atoms with E-state index in [1.807, 2.05) is 56.3 Å². The molecule has 0 aromatic heterocycles. The highest BCUT2D eigenvalue weighted by Crippen LogP contribution is 2.21. The highest BCUT2D eigenvalue weighted by molar-refractivity contribution is 7.88. The number of amides is 1. The summed E-state index contributed by atoms with van der Waals surface area (Å²) in [7, 11) is -3.40. The molecule has 134 valence electrons. The van der Waals surface area contributed by atoms with E-state index in [4.69, 9.17) is 0 Å². The number of benzene rings is 2. The van der Waals surface area contributed by atoms with E-state index in [0.717, 1.165) is 11.1 Å². The molecular formula is C19H24N2O3S. The average molecular weight is 360 g/mol. The van der Waals surface area contributed by atoms with Gasteiger partial charge in [-0.3, -0.25) is 4.79 Å². The zero-order chi connectivity index (χ0) is 18.4. The molecular weight excluding hydrogens is 336 g/mol. The van der Waals surface area contributed by atoms with Crippen molar-refractivity contribution >= 4 is 15.9 Å². The van der Waals surface area contributed by atoms with Gasteiger partial charge in [0.15, 0.2) is 0 Å². The van der Waals surface area contributed by atoms with E-state index in [1.54, 1.807) is 12.1 Å². The third-order valence-corrected chi connectivity index (χ3v) is 5.39. The highest BCUT2D eigenvalue weighted by atomic mass is 32.2. The van der Waals surface area contributed by atoms with Crippen molar-refractivity contribution in [1.82, 2.24) is 9.62 Å². The van der Waals surface area contributed by atoms with E-state index in [0.29, 0.717) is 5.56 Å². The number of carbonyl (C=O) groups excluding carboxylic acids is 1. The number of aryl methyl sites for hydroxylation is 1. The SMILES string of the molecule is Cc1cccc(C(=O)NCCN(C(C)c2ccccc2)S(C)(=O)=O)c1. The van der Waals surface area contributed by atoms with Gasteiger partial charge in [-0.2, -0.15) is 4.31 Å². The van der Waals surface area contributed by atoms with Crippen LogP contribution in [0.1, 0.15) is 34.5 Å². The molecule has 6 heteroatoms. The van der Waals surface area contributed by atoms with Gasteiger partial charge in [-0.25, -0.2) is 8.42 Å². The normalized spacial score (nSPS) is 12.8. The number of nitrogens with zero attached hydrogens (tertiary/aromatic N) is 1. The topological polar surface area (TPSA) is 66.5 Å². The smallest absolute Gasteiger partial charge is 0.251 e. The van der Waals surface area contributed by atoms with Crippen LogP contribution in [0.15, 0.2) is 54.6 Å². The molecule has 2 aromatic carbocycles. The maximum Gasteiger partial charge on any atom is 0.251 e. The lowest BCUT2D eigenvalue weighted by molar-refractivity contribution is 0.0950. The Labute approximate surface area is 149 Å². The lowest BCUT2D eigenvalue weighted by atomic mass is 10.1. The second-order valence-electron chi connectivity index (χ2n) is 6.09. The highest BCUT2D eigenvalue weighted by Gasteiger charge is 2.24. The molecule has 0 heterocycles. The molecule has 0 aliphatic carbocycles. The van der Waals surface area contributed by atoms with Crippen LogP contribution in [0.3, 0.4) is 0 Å². The number of rotatable bonds is 7. The summed E-state index contributed by atoms with van der Waals surface area (Å²) >= 11 is 0. The second kappa shape index (κ2) is 8.27. The van der Waals surface area contributed by atoms with Gasteiger partial charge >= 0.3 is 0 Å². The molecule has 2 aromatic rings. The lowest BCUT2D eigenvalue weighted by Crippen LogP contribution is -2.39. The summed E-state index contributed by atoms with van der Waals surface area (Å²) in [5.74, 6) is -0.204. The fourth-order valence-electron chi connectivity index (χ4n) is 2.71.